The average molecular weight is 342 g/mol. The molecule has 24 heavy (non-hydrogen) atoms. The normalized spacial score (nSPS) is 10.5. The van der Waals surface area contributed by atoms with Crippen LogP contribution in [0.5, 0.6) is 0 Å². The Hall–Kier alpha value is -2.79. The first-order valence-corrected chi connectivity index (χ1v) is 7.91. The van der Waals surface area contributed by atoms with Crippen LogP contribution < -0.4 is 10.9 Å². The topological polar surface area (TPSA) is 74.0 Å². The number of hydrazine groups is 1. The highest BCUT2D eigenvalue weighted by molar-refractivity contribution is 6.30. The van der Waals surface area contributed by atoms with Crippen LogP contribution in [-0.2, 0) is 11.2 Å². The van der Waals surface area contributed by atoms with E-state index in [1.165, 1.54) is 0 Å². The van der Waals surface area contributed by atoms with Gasteiger partial charge in [-0.3, -0.25) is 20.4 Å². The van der Waals surface area contributed by atoms with E-state index in [1.54, 1.807) is 24.3 Å². The lowest BCUT2D eigenvalue weighted by Gasteiger charge is -2.07. The summed E-state index contributed by atoms with van der Waals surface area (Å²) in [6.45, 7) is 0. The SMILES string of the molecule is O=C(CCc1c[nH]c2ccccc12)NNC(=O)c1ccc(Cl)cc1. The van der Waals surface area contributed by atoms with Gasteiger partial charge in [-0.15, -0.1) is 0 Å². The number of nitrogens with one attached hydrogen (secondary N) is 3. The number of rotatable bonds is 4. The van der Waals surface area contributed by atoms with Crippen LogP contribution in [0, 0.1) is 0 Å². The van der Waals surface area contributed by atoms with E-state index in [9.17, 15) is 9.59 Å². The Bertz CT molecular complexity index is 871. The van der Waals surface area contributed by atoms with Crippen LogP contribution in [0.25, 0.3) is 10.9 Å². The average Bonchev–Trinajstić information content (AvgIpc) is 3.01. The molecule has 0 bridgehead atoms. The minimum atomic E-state index is -0.382. The number of carbonyl (C=O) groups excluding carboxylic acids is 2. The number of halogens is 1. The molecular weight excluding hydrogens is 326 g/mol. The molecule has 3 rings (SSSR count). The summed E-state index contributed by atoms with van der Waals surface area (Å²) >= 11 is 5.77. The highest BCUT2D eigenvalue weighted by atomic mass is 35.5. The molecule has 5 nitrogen and oxygen atoms in total. The van der Waals surface area contributed by atoms with Crippen molar-refractivity contribution in [2.75, 3.05) is 0 Å². The highest BCUT2D eigenvalue weighted by Gasteiger charge is 2.09. The van der Waals surface area contributed by atoms with Gasteiger partial charge in [0.05, 0.1) is 0 Å². The molecule has 3 aromatic rings. The summed E-state index contributed by atoms with van der Waals surface area (Å²) < 4.78 is 0. The van der Waals surface area contributed by atoms with E-state index < -0.39 is 0 Å². The molecule has 0 saturated carbocycles. The lowest BCUT2D eigenvalue weighted by Crippen LogP contribution is -2.41. The van der Waals surface area contributed by atoms with Crippen molar-refractivity contribution in [3.05, 3.63) is 70.9 Å². The van der Waals surface area contributed by atoms with Crippen molar-refractivity contribution in [3.63, 3.8) is 0 Å². The van der Waals surface area contributed by atoms with Crippen LogP contribution in [0.3, 0.4) is 0 Å². The molecule has 0 saturated heterocycles. The number of amides is 2. The maximum Gasteiger partial charge on any atom is 0.269 e. The number of hydrogen-bond donors (Lipinski definition) is 3. The van der Waals surface area contributed by atoms with Crippen LogP contribution in [0.1, 0.15) is 22.3 Å². The second-order valence-electron chi connectivity index (χ2n) is 5.37. The molecule has 6 heteroatoms. The number of hydrogen-bond acceptors (Lipinski definition) is 2. The fourth-order valence-corrected chi connectivity index (χ4v) is 2.58. The van der Waals surface area contributed by atoms with E-state index in [0.717, 1.165) is 16.5 Å². The van der Waals surface area contributed by atoms with Crippen molar-refractivity contribution in [1.29, 1.82) is 0 Å². The maximum absolute atomic E-state index is 11.9. The van der Waals surface area contributed by atoms with Gasteiger partial charge < -0.3 is 4.98 Å². The van der Waals surface area contributed by atoms with E-state index in [-0.39, 0.29) is 18.2 Å². The molecule has 1 heterocycles. The maximum atomic E-state index is 11.9. The Labute approximate surface area is 144 Å². The van der Waals surface area contributed by atoms with E-state index in [4.69, 9.17) is 11.6 Å². The fraction of sp³-hybridized carbons (Fsp3) is 0.111. The second-order valence-corrected chi connectivity index (χ2v) is 5.81. The van der Waals surface area contributed by atoms with Crippen LogP contribution in [0.4, 0.5) is 0 Å². The van der Waals surface area contributed by atoms with Gasteiger partial charge in [0.15, 0.2) is 0 Å². The van der Waals surface area contributed by atoms with Gasteiger partial charge in [-0.05, 0) is 42.3 Å². The largest absolute Gasteiger partial charge is 0.361 e. The molecule has 0 atom stereocenters. The van der Waals surface area contributed by atoms with E-state index in [2.05, 4.69) is 15.8 Å². The molecule has 0 radical (unpaired) electrons. The third kappa shape index (κ3) is 3.75. The van der Waals surface area contributed by atoms with Crippen LogP contribution >= 0.6 is 11.6 Å². The predicted octanol–water partition coefficient (Wildman–Crippen LogP) is 3.22. The minimum Gasteiger partial charge on any atom is -0.361 e. The zero-order chi connectivity index (χ0) is 16.9. The van der Waals surface area contributed by atoms with Crippen molar-refractivity contribution in [2.45, 2.75) is 12.8 Å². The Morgan fingerprint density at radius 2 is 1.75 bits per heavy atom. The van der Waals surface area contributed by atoms with Gasteiger partial charge in [0.25, 0.3) is 5.91 Å². The van der Waals surface area contributed by atoms with Crippen LogP contribution in [-0.4, -0.2) is 16.8 Å². The molecule has 0 fully saturated rings. The number of carbonyl (C=O) groups is 2. The summed E-state index contributed by atoms with van der Waals surface area (Å²) in [4.78, 5) is 27.0. The van der Waals surface area contributed by atoms with E-state index in [1.807, 2.05) is 30.5 Å². The first kappa shape index (κ1) is 16.1. The third-order valence-electron chi connectivity index (χ3n) is 3.72. The molecule has 0 aliphatic carbocycles. The molecule has 2 aromatic carbocycles. The fourth-order valence-electron chi connectivity index (χ4n) is 2.45. The van der Waals surface area contributed by atoms with E-state index >= 15 is 0 Å². The van der Waals surface area contributed by atoms with Crippen LogP contribution in [0.2, 0.25) is 5.02 Å². The zero-order valence-corrected chi connectivity index (χ0v) is 13.6. The van der Waals surface area contributed by atoms with Gasteiger partial charge in [0.1, 0.15) is 0 Å². The molecule has 3 N–H and O–H groups in total. The number of H-pyrrole nitrogens is 1. The molecule has 1 aromatic heterocycles. The molecule has 122 valence electrons. The first-order chi connectivity index (χ1) is 11.6. The number of aromatic amines is 1. The van der Waals surface area contributed by atoms with Gasteiger partial charge in [0, 0.05) is 34.1 Å². The Kier molecular flexibility index (Phi) is 4.82. The third-order valence-corrected chi connectivity index (χ3v) is 3.97. The molecule has 0 aliphatic rings. The summed E-state index contributed by atoms with van der Waals surface area (Å²) in [6, 6.07) is 14.4. The monoisotopic (exact) mass is 341 g/mol. The molecule has 0 aliphatic heterocycles. The smallest absolute Gasteiger partial charge is 0.269 e. The van der Waals surface area contributed by atoms with Gasteiger partial charge in [0.2, 0.25) is 5.91 Å². The predicted molar refractivity (Wildman–Crippen MR) is 93.7 cm³/mol. The summed E-state index contributed by atoms with van der Waals surface area (Å²) in [5.74, 6) is -0.630. The molecule has 2 amide bonds. The van der Waals surface area contributed by atoms with Gasteiger partial charge in [-0.25, -0.2) is 0 Å². The second kappa shape index (κ2) is 7.19. The van der Waals surface area contributed by atoms with Crippen molar-refractivity contribution in [1.82, 2.24) is 15.8 Å². The molecule has 0 spiro atoms. The number of para-hydroxylation sites is 1. The van der Waals surface area contributed by atoms with Gasteiger partial charge in [-0.2, -0.15) is 0 Å². The first-order valence-electron chi connectivity index (χ1n) is 7.53. The quantitative estimate of drug-likeness (QED) is 0.637. The Morgan fingerprint density at radius 3 is 2.54 bits per heavy atom. The number of benzene rings is 2. The zero-order valence-electron chi connectivity index (χ0n) is 12.8. The van der Waals surface area contributed by atoms with E-state index in [0.29, 0.717) is 17.0 Å². The highest BCUT2D eigenvalue weighted by Crippen LogP contribution is 2.18. The number of fused-ring (bicyclic) bond motifs is 1. The summed E-state index contributed by atoms with van der Waals surface area (Å²) in [6.07, 6.45) is 2.78. The number of aryl methyl sites for hydroxylation is 1. The summed E-state index contributed by atoms with van der Waals surface area (Å²) in [5, 5.41) is 1.66. The lowest BCUT2D eigenvalue weighted by molar-refractivity contribution is -0.121. The summed E-state index contributed by atoms with van der Waals surface area (Å²) in [5.41, 5.74) is 7.37. The Balaban J connectivity index is 1.51. The molecular formula is C18H16ClN3O2. The molecule has 0 unspecified atom stereocenters. The van der Waals surface area contributed by atoms with Gasteiger partial charge in [-0.1, -0.05) is 29.8 Å². The number of aromatic nitrogens is 1. The van der Waals surface area contributed by atoms with Crippen molar-refractivity contribution in [2.24, 2.45) is 0 Å². The van der Waals surface area contributed by atoms with Crippen LogP contribution in [0.15, 0.2) is 54.7 Å². The Morgan fingerprint density at radius 1 is 1.00 bits per heavy atom. The summed E-state index contributed by atoms with van der Waals surface area (Å²) in [7, 11) is 0. The van der Waals surface area contributed by atoms with Crippen molar-refractivity contribution in [3.8, 4) is 0 Å². The standard InChI is InChI=1S/C18H16ClN3O2/c19-14-8-5-12(6-9-14)18(24)22-21-17(23)10-7-13-11-20-16-4-2-1-3-15(13)16/h1-6,8-9,11,20H,7,10H2,(H,21,23)(H,22,24). The lowest BCUT2D eigenvalue weighted by atomic mass is 10.1. The van der Waals surface area contributed by atoms with Gasteiger partial charge >= 0.3 is 0 Å². The minimum absolute atomic E-state index is 0.248. The van der Waals surface area contributed by atoms with Crippen molar-refractivity contribution >= 4 is 34.3 Å². The van der Waals surface area contributed by atoms with Crippen molar-refractivity contribution < 1.29 is 9.59 Å².